The van der Waals surface area contributed by atoms with Crippen LogP contribution in [0.2, 0.25) is 0 Å². The molecule has 0 radical (unpaired) electrons. The first kappa shape index (κ1) is 18.3. The fourth-order valence-electron chi connectivity index (χ4n) is 3.04. The zero-order valence-electron chi connectivity index (χ0n) is 14.6. The molecule has 0 saturated carbocycles. The second-order valence-corrected chi connectivity index (χ2v) is 6.20. The maximum Gasteiger partial charge on any atom is 0.320 e. The minimum Gasteiger partial charge on any atom is -0.481 e. The number of aryl methyl sites for hydroxylation is 1. The highest BCUT2D eigenvalue weighted by atomic mass is 16.5. The van der Waals surface area contributed by atoms with Gasteiger partial charge in [0.05, 0.1) is 0 Å². The molecule has 1 aliphatic heterocycles. The standard InChI is InChI=1S/C18H26N2O4/c1-4-16(18(22)23)19-8-10-20(11-9-19)17(21)14(3)24-15-7-5-6-13(2)12-15/h5-7,12,14,16H,4,8-11H2,1-3H3,(H,22,23). The molecule has 1 amide bonds. The minimum absolute atomic E-state index is 0.0560. The van der Waals surface area contributed by atoms with E-state index in [2.05, 4.69) is 0 Å². The summed E-state index contributed by atoms with van der Waals surface area (Å²) in [6.07, 6.45) is 0.00988. The van der Waals surface area contributed by atoms with E-state index in [-0.39, 0.29) is 5.91 Å². The van der Waals surface area contributed by atoms with Crippen molar-refractivity contribution in [1.82, 2.24) is 9.80 Å². The molecule has 0 spiro atoms. The third-order valence-corrected chi connectivity index (χ3v) is 4.39. The Hall–Kier alpha value is -2.08. The van der Waals surface area contributed by atoms with Gasteiger partial charge < -0.3 is 14.7 Å². The Morgan fingerprint density at radius 1 is 1.25 bits per heavy atom. The summed E-state index contributed by atoms with van der Waals surface area (Å²) in [4.78, 5) is 27.5. The lowest BCUT2D eigenvalue weighted by molar-refractivity contribution is -0.146. The van der Waals surface area contributed by atoms with Crippen molar-refractivity contribution >= 4 is 11.9 Å². The first-order chi connectivity index (χ1) is 11.4. The predicted octanol–water partition coefficient (Wildman–Crippen LogP) is 1.77. The summed E-state index contributed by atoms with van der Waals surface area (Å²) >= 11 is 0. The van der Waals surface area contributed by atoms with E-state index >= 15 is 0 Å². The molecule has 0 bridgehead atoms. The van der Waals surface area contributed by atoms with Crippen LogP contribution in [0.25, 0.3) is 0 Å². The Labute approximate surface area is 143 Å². The number of aliphatic carboxylic acids is 1. The molecule has 1 heterocycles. The molecule has 132 valence electrons. The molecule has 2 unspecified atom stereocenters. The van der Waals surface area contributed by atoms with Crippen LogP contribution in [0.3, 0.4) is 0 Å². The highest BCUT2D eigenvalue weighted by molar-refractivity contribution is 5.81. The average Bonchev–Trinajstić information content (AvgIpc) is 2.55. The molecular formula is C18H26N2O4. The van der Waals surface area contributed by atoms with Crippen LogP contribution in [0.4, 0.5) is 0 Å². The van der Waals surface area contributed by atoms with Gasteiger partial charge in [0, 0.05) is 26.2 Å². The number of carboxylic acid groups (broad SMARTS) is 1. The Morgan fingerprint density at radius 2 is 1.92 bits per heavy atom. The van der Waals surface area contributed by atoms with Crippen LogP contribution in [-0.2, 0) is 9.59 Å². The van der Waals surface area contributed by atoms with Gasteiger partial charge in [-0.2, -0.15) is 0 Å². The molecule has 1 saturated heterocycles. The molecule has 2 atom stereocenters. The van der Waals surface area contributed by atoms with Gasteiger partial charge in [-0.05, 0) is 38.0 Å². The predicted molar refractivity (Wildman–Crippen MR) is 91.1 cm³/mol. The number of ether oxygens (including phenoxy) is 1. The van der Waals surface area contributed by atoms with Gasteiger partial charge >= 0.3 is 5.97 Å². The fourth-order valence-corrected chi connectivity index (χ4v) is 3.04. The molecule has 1 fully saturated rings. The van der Waals surface area contributed by atoms with Crippen molar-refractivity contribution in [1.29, 1.82) is 0 Å². The van der Waals surface area contributed by atoms with Gasteiger partial charge in [-0.3, -0.25) is 14.5 Å². The van der Waals surface area contributed by atoms with Crippen LogP contribution in [0, 0.1) is 6.92 Å². The maximum absolute atomic E-state index is 12.5. The highest BCUT2D eigenvalue weighted by Crippen LogP contribution is 2.16. The van der Waals surface area contributed by atoms with E-state index in [1.807, 2.05) is 43.0 Å². The zero-order chi connectivity index (χ0) is 17.7. The summed E-state index contributed by atoms with van der Waals surface area (Å²) in [5.41, 5.74) is 1.08. The smallest absolute Gasteiger partial charge is 0.320 e. The number of carbonyl (C=O) groups excluding carboxylic acids is 1. The molecule has 24 heavy (non-hydrogen) atoms. The average molecular weight is 334 g/mol. The van der Waals surface area contributed by atoms with Crippen LogP contribution >= 0.6 is 0 Å². The first-order valence-corrected chi connectivity index (χ1v) is 8.41. The van der Waals surface area contributed by atoms with E-state index in [0.717, 1.165) is 5.56 Å². The molecule has 1 N–H and O–H groups in total. The van der Waals surface area contributed by atoms with Crippen molar-refractivity contribution < 1.29 is 19.4 Å². The van der Waals surface area contributed by atoms with Crippen molar-refractivity contribution in [2.45, 2.75) is 39.3 Å². The van der Waals surface area contributed by atoms with Crippen LogP contribution in [0.5, 0.6) is 5.75 Å². The summed E-state index contributed by atoms with van der Waals surface area (Å²) in [5.74, 6) is -0.167. The monoisotopic (exact) mass is 334 g/mol. The normalized spacial score (nSPS) is 18.0. The molecule has 2 rings (SSSR count). The lowest BCUT2D eigenvalue weighted by atomic mass is 10.1. The quantitative estimate of drug-likeness (QED) is 0.858. The largest absolute Gasteiger partial charge is 0.481 e. The third-order valence-electron chi connectivity index (χ3n) is 4.39. The number of rotatable bonds is 6. The molecule has 1 aromatic rings. The van der Waals surface area contributed by atoms with Gasteiger partial charge in [-0.1, -0.05) is 19.1 Å². The van der Waals surface area contributed by atoms with E-state index in [0.29, 0.717) is 38.3 Å². The number of amides is 1. The van der Waals surface area contributed by atoms with E-state index in [1.54, 1.807) is 11.8 Å². The Balaban J connectivity index is 1.89. The molecule has 1 aliphatic rings. The van der Waals surface area contributed by atoms with Crippen molar-refractivity contribution in [2.75, 3.05) is 26.2 Å². The van der Waals surface area contributed by atoms with Gasteiger partial charge in [-0.25, -0.2) is 0 Å². The number of carboxylic acids is 1. The minimum atomic E-state index is -0.798. The lowest BCUT2D eigenvalue weighted by Gasteiger charge is -2.38. The molecule has 6 nitrogen and oxygen atoms in total. The van der Waals surface area contributed by atoms with Gasteiger partial charge in [0.2, 0.25) is 0 Å². The molecular weight excluding hydrogens is 308 g/mol. The SMILES string of the molecule is CCC(C(=O)O)N1CCN(C(=O)C(C)Oc2cccc(C)c2)CC1. The highest BCUT2D eigenvalue weighted by Gasteiger charge is 2.30. The van der Waals surface area contributed by atoms with Crippen molar-refractivity contribution in [3.05, 3.63) is 29.8 Å². The Kier molecular flexibility index (Phi) is 6.20. The number of benzene rings is 1. The van der Waals surface area contributed by atoms with Gasteiger partial charge in [0.15, 0.2) is 6.10 Å². The maximum atomic E-state index is 12.5. The van der Waals surface area contributed by atoms with Gasteiger partial charge in [-0.15, -0.1) is 0 Å². The van der Waals surface area contributed by atoms with E-state index in [4.69, 9.17) is 4.74 Å². The number of nitrogens with zero attached hydrogens (tertiary/aromatic N) is 2. The molecule has 0 aliphatic carbocycles. The number of hydrogen-bond donors (Lipinski definition) is 1. The number of piperazine rings is 1. The Bertz CT molecular complexity index is 582. The number of carbonyl (C=O) groups is 2. The summed E-state index contributed by atoms with van der Waals surface area (Å²) in [6.45, 7) is 7.82. The first-order valence-electron chi connectivity index (χ1n) is 8.41. The van der Waals surface area contributed by atoms with Gasteiger partial charge in [0.25, 0.3) is 5.91 Å². The van der Waals surface area contributed by atoms with E-state index in [1.165, 1.54) is 0 Å². The number of hydrogen-bond acceptors (Lipinski definition) is 4. The zero-order valence-corrected chi connectivity index (χ0v) is 14.6. The van der Waals surface area contributed by atoms with Crippen LogP contribution in [0.15, 0.2) is 24.3 Å². The topological polar surface area (TPSA) is 70.1 Å². The van der Waals surface area contributed by atoms with E-state index in [9.17, 15) is 14.7 Å². The lowest BCUT2D eigenvalue weighted by Crippen LogP contribution is -2.55. The van der Waals surface area contributed by atoms with Crippen molar-refractivity contribution in [3.63, 3.8) is 0 Å². The Morgan fingerprint density at radius 3 is 2.46 bits per heavy atom. The summed E-state index contributed by atoms with van der Waals surface area (Å²) in [7, 11) is 0. The van der Waals surface area contributed by atoms with Crippen LogP contribution in [0.1, 0.15) is 25.8 Å². The molecule has 0 aromatic heterocycles. The van der Waals surface area contributed by atoms with Crippen molar-refractivity contribution in [2.24, 2.45) is 0 Å². The van der Waals surface area contributed by atoms with E-state index < -0.39 is 18.1 Å². The summed E-state index contributed by atoms with van der Waals surface area (Å²) in [6, 6.07) is 7.15. The summed E-state index contributed by atoms with van der Waals surface area (Å²) < 4.78 is 5.74. The van der Waals surface area contributed by atoms with Crippen LogP contribution < -0.4 is 4.74 Å². The second-order valence-electron chi connectivity index (χ2n) is 6.20. The molecule has 6 heteroatoms. The van der Waals surface area contributed by atoms with Crippen LogP contribution in [-0.4, -0.2) is 65.1 Å². The van der Waals surface area contributed by atoms with Gasteiger partial charge in [0.1, 0.15) is 11.8 Å². The fraction of sp³-hybridized carbons (Fsp3) is 0.556. The third kappa shape index (κ3) is 4.47. The van der Waals surface area contributed by atoms with Crippen molar-refractivity contribution in [3.8, 4) is 5.75 Å². The summed E-state index contributed by atoms with van der Waals surface area (Å²) in [5, 5.41) is 9.23. The second kappa shape index (κ2) is 8.15. The molecule has 1 aromatic carbocycles.